The summed E-state index contributed by atoms with van der Waals surface area (Å²) in [5.74, 6) is 0. The van der Waals surface area contributed by atoms with Crippen LogP contribution in [0.1, 0.15) is 31.7 Å². The van der Waals surface area contributed by atoms with Crippen molar-refractivity contribution in [3.05, 3.63) is 54.9 Å². The van der Waals surface area contributed by atoms with Crippen LogP contribution in [0.2, 0.25) is 0 Å². The van der Waals surface area contributed by atoms with Crippen molar-refractivity contribution in [3.8, 4) is 0 Å². The molecule has 0 amide bonds. The maximum atomic E-state index is 13.5. The first-order valence-corrected chi connectivity index (χ1v) is 10.5. The average Bonchev–Trinajstić information content (AvgIpc) is 3.28. The zero-order valence-electron chi connectivity index (χ0n) is 14.3. The first-order valence-electron chi connectivity index (χ1n) is 9.02. The van der Waals surface area contributed by atoms with Gasteiger partial charge in [0.2, 0.25) is 10.0 Å². The highest BCUT2D eigenvalue weighted by Crippen LogP contribution is 2.44. The Morgan fingerprint density at radius 1 is 0.846 bits per heavy atom. The Morgan fingerprint density at radius 3 is 2.23 bits per heavy atom. The van der Waals surface area contributed by atoms with Gasteiger partial charge in [0.25, 0.3) is 0 Å². The molecule has 7 heteroatoms. The van der Waals surface area contributed by atoms with E-state index >= 15 is 0 Å². The van der Waals surface area contributed by atoms with Crippen LogP contribution in [-0.2, 0) is 10.0 Å². The average molecular weight is 368 g/mol. The third kappa shape index (κ3) is 2.38. The summed E-state index contributed by atoms with van der Waals surface area (Å²) in [4.78, 5) is 2.16. The second-order valence-corrected chi connectivity index (χ2v) is 8.98. The monoisotopic (exact) mass is 368 g/mol. The Morgan fingerprint density at radius 2 is 1.50 bits per heavy atom. The minimum atomic E-state index is -3.53. The molecule has 0 saturated carbocycles. The predicted octanol–water partition coefficient (Wildman–Crippen LogP) is 2.99. The van der Waals surface area contributed by atoms with Gasteiger partial charge in [0.1, 0.15) is 0 Å². The van der Waals surface area contributed by atoms with Crippen LogP contribution in [0.15, 0.2) is 59.8 Å². The van der Waals surface area contributed by atoms with E-state index < -0.39 is 10.0 Å². The molecule has 6 nitrogen and oxygen atoms in total. The summed E-state index contributed by atoms with van der Waals surface area (Å²) in [5, 5.41) is 10.3. The van der Waals surface area contributed by atoms with Crippen LogP contribution in [0, 0.1) is 0 Å². The molecular weight excluding hydrogens is 348 g/mol. The summed E-state index contributed by atoms with van der Waals surface area (Å²) >= 11 is 0. The number of aromatic nitrogens is 3. The lowest BCUT2D eigenvalue weighted by molar-refractivity contribution is 0.174. The van der Waals surface area contributed by atoms with E-state index in [1.165, 1.54) is 0 Å². The van der Waals surface area contributed by atoms with Crippen LogP contribution in [0.5, 0.6) is 0 Å². The molecular formula is C19H20N4O2S. The fourth-order valence-electron chi connectivity index (χ4n) is 4.64. The summed E-state index contributed by atoms with van der Waals surface area (Å²) in [6.45, 7) is 0. The molecule has 26 heavy (non-hydrogen) atoms. The van der Waals surface area contributed by atoms with Crippen LogP contribution in [0.25, 0.3) is 10.8 Å². The van der Waals surface area contributed by atoms with Gasteiger partial charge < -0.3 is 0 Å². The second-order valence-electron chi connectivity index (χ2n) is 7.17. The third-order valence-corrected chi connectivity index (χ3v) is 7.77. The molecule has 0 N–H and O–H groups in total. The summed E-state index contributed by atoms with van der Waals surface area (Å²) in [7, 11) is -3.53. The van der Waals surface area contributed by atoms with Gasteiger partial charge in [-0.1, -0.05) is 36.4 Å². The number of sulfonamides is 1. The first-order chi connectivity index (χ1) is 12.6. The van der Waals surface area contributed by atoms with Crippen molar-refractivity contribution in [2.45, 2.75) is 48.7 Å². The molecule has 3 heterocycles. The Hall–Kier alpha value is -2.25. The van der Waals surface area contributed by atoms with Gasteiger partial charge >= 0.3 is 0 Å². The molecule has 2 aromatic carbocycles. The van der Waals surface area contributed by atoms with Crippen molar-refractivity contribution >= 4 is 20.8 Å². The van der Waals surface area contributed by atoms with Gasteiger partial charge in [-0.2, -0.15) is 19.3 Å². The number of benzene rings is 2. The molecule has 0 spiro atoms. The van der Waals surface area contributed by atoms with Crippen molar-refractivity contribution in [1.82, 2.24) is 19.3 Å². The molecule has 0 radical (unpaired) electrons. The maximum absolute atomic E-state index is 13.5. The molecule has 2 fully saturated rings. The van der Waals surface area contributed by atoms with Crippen molar-refractivity contribution in [2.75, 3.05) is 0 Å². The number of nitrogens with zero attached hydrogens (tertiary/aromatic N) is 4. The highest BCUT2D eigenvalue weighted by Gasteiger charge is 2.48. The minimum Gasteiger partial charge on any atom is -0.207 e. The van der Waals surface area contributed by atoms with E-state index in [2.05, 4.69) is 10.2 Å². The highest BCUT2D eigenvalue weighted by molar-refractivity contribution is 7.89. The van der Waals surface area contributed by atoms with Gasteiger partial charge in [-0.3, -0.25) is 0 Å². The van der Waals surface area contributed by atoms with Crippen LogP contribution in [-0.4, -0.2) is 39.8 Å². The zero-order chi connectivity index (χ0) is 17.7. The molecule has 2 unspecified atom stereocenters. The summed E-state index contributed by atoms with van der Waals surface area (Å²) < 4.78 is 28.9. The van der Waals surface area contributed by atoms with E-state index in [0.717, 1.165) is 36.5 Å². The Kier molecular flexibility index (Phi) is 3.62. The molecule has 2 bridgehead atoms. The molecule has 0 aliphatic carbocycles. The van der Waals surface area contributed by atoms with Gasteiger partial charge in [0.15, 0.2) is 0 Å². The summed E-state index contributed by atoms with van der Waals surface area (Å²) in [6, 6.07) is 13.4. The molecule has 2 saturated heterocycles. The number of hydrogen-bond acceptors (Lipinski definition) is 4. The molecule has 134 valence electrons. The molecule has 2 atom stereocenters. The Bertz CT molecular complexity index is 1030. The lowest BCUT2D eigenvalue weighted by atomic mass is 10.0. The first kappa shape index (κ1) is 16.0. The SMILES string of the molecule is O=S(=O)(c1cccc2ccccc12)N1C2CCC1CC(n1nccn1)C2. The largest absolute Gasteiger partial charge is 0.244 e. The smallest absolute Gasteiger partial charge is 0.207 e. The van der Waals surface area contributed by atoms with Gasteiger partial charge in [-0.15, -0.1) is 0 Å². The van der Waals surface area contributed by atoms with E-state index in [1.807, 2.05) is 36.4 Å². The van der Waals surface area contributed by atoms with E-state index in [-0.39, 0.29) is 18.1 Å². The van der Waals surface area contributed by atoms with E-state index in [9.17, 15) is 8.42 Å². The number of fused-ring (bicyclic) bond motifs is 3. The Labute approximate surface area is 152 Å². The van der Waals surface area contributed by atoms with Crippen molar-refractivity contribution in [3.63, 3.8) is 0 Å². The lowest BCUT2D eigenvalue weighted by Gasteiger charge is -2.37. The number of piperidine rings is 1. The van der Waals surface area contributed by atoms with Crippen molar-refractivity contribution in [1.29, 1.82) is 0 Å². The minimum absolute atomic E-state index is 0.0220. The fraction of sp³-hybridized carbons (Fsp3) is 0.368. The molecule has 3 aromatic rings. The third-order valence-electron chi connectivity index (χ3n) is 5.71. The standard InChI is InChI=1S/C19H20N4O2S/c24-26(25,19-7-3-5-14-4-1-2-6-18(14)19)22-15-8-9-16(22)13-17(12-15)23-20-10-11-21-23/h1-7,10-11,15-17H,8-9,12-13H2. The zero-order valence-corrected chi connectivity index (χ0v) is 15.1. The van der Waals surface area contributed by atoms with Crippen LogP contribution >= 0.6 is 0 Å². The van der Waals surface area contributed by atoms with Gasteiger partial charge in [0, 0.05) is 17.5 Å². The van der Waals surface area contributed by atoms with Crippen molar-refractivity contribution in [2.24, 2.45) is 0 Å². The van der Waals surface area contributed by atoms with Gasteiger partial charge in [-0.25, -0.2) is 8.42 Å². The normalized spacial score (nSPS) is 26.4. The van der Waals surface area contributed by atoms with E-state index in [4.69, 9.17) is 0 Å². The summed E-state index contributed by atoms with van der Waals surface area (Å²) in [5.41, 5.74) is 0. The topological polar surface area (TPSA) is 68.1 Å². The molecule has 2 aliphatic heterocycles. The quantitative estimate of drug-likeness (QED) is 0.713. The van der Waals surface area contributed by atoms with E-state index in [1.54, 1.807) is 27.6 Å². The predicted molar refractivity (Wildman–Crippen MR) is 98.1 cm³/mol. The second kappa shape index (κ2) is 5.89. The fourth-order valence-corrected chi connectivity index (χ4v) is 6.74. The lowest BCUT2D eigenvalue weighted by Crippen LogP contribution is -2.47. The number of rotatable bonds is 3. The van der Waals surface area contributed by atoms with Crippen LogP contribution in [0.3, 0.4) is 0 Å². The van der Waals surface area contributed by atoms with Crippen LogP contribution in [0.4, 0.5) is 0 Å². The van der Waals surface area contributed by atoms with Gasteiger partial charge in [0.05, 0.1) is 23.3 Å². The number of hydrogen-bond donors (Lipinski definition) is 0. The molecule has 5 rings (SSSR count). The summed E-state index contributed by atoms with van der Waals surface area (Å²) in [6.07, 6.45) is 6.73. The van der Waals surface area contributed by atoms with Gasteiger partial charge in [-0.05, 0) is 37.1 Å². The van der Waals surface area contributed by atoms with E-state index in [0.29, 0.717) is 4.90 Å². The maximum Gasteiger partial charge on any atom is 0.244 e. The highest BCUT2D eigenvalue weighted by atomic mass is 32.2. The Balaban J connectivity index is 1.53. The van der Waals surface area contributed by atoms with Crippen LogP contribution < -0.4 is 0 Å². The molecule has 1 aromatic heterocycles. The molecule has 2 aliphatic rings. The van der Waals surface area contributed by atoms with Crippen molar-refractivity contribution < 1.29 is 8.42 Å².